The van der Waals surface area contributed by atoms with Crippen molar-refractivity contribution in [2.75, 3.05) is 6.61 Å². The van der Waals surface area contributed by atoms with Crippen LogP contribution in [0.15, 0.2) is 48.5 Å². The summed E-state index contributed by atoms with van der Waals surface area (Å²) in [5.74, 6) is 0.0764. The largest absolute Gasteiger partial charge is 0.490 e. The summed E-state index contributed by atoms with van der Waals surface area (Å²) >= 11 is 0. The molecule has 2 aromatic carbocycles. The van der Waals surface area contributed by atoms with Crippen molar-refractivity contribution >= 4 is 0 Å². The number of aliphatic hydroxyl groups is 1. The molecule has 0 heterocycles. The first kappa shape index (κ1) is 14.5. The lowest BCUT2D eigenvalue weighted by Gasteiger charge is -2.13. The minimum atomic E-state index is -0.714. The van der Waals surface area contributed by atoms with Crippen molar-refractivity contribution in [1.29, 1.82) is 0 Å². The van der Waals surface area contributed by atoms with Crippen LogP contribution in [0.5, 0.6) is 5.75 Å². The monoisotopic (exact) mass is 274 g/mol. The Morgan fingerprint density at radius 1 is 1.15 bits per heavy atom. The molecule has 20 heavy (non-hydrogen) atoms. The number of benzene rings is 2. The van der Waals surface area contributed by atoms with Crippen LogP contribution >= 0.6 is 0 Å². The van der Waals surface area contributed by atoms with Crippen molar-refractivity contribution in [3.63, 3.8) is 0 Å². The SMILES string of the molecule is CCCc1ccc(C(O)COc2cccc(F)c2)cc1. The molecule has 106 valence electrons. The molecule has 0 saturated heterocycles. The first-order valence-corrected chi connectivity index (χ1v) is 6.84. The van der Waals surface area contributed by atoms with E-state index in [1.54, 1.807) is 12.1 Å². The van der Waals surface area contributed by atoms with E-state index >= 15 is 0 Å². The molecule has 2 nitrogen and oxygen atoms in total. The number of halogens is 1. The normalized spacial score (nSPS) is 12.2. The number of ether oxygens (including phenoxy) is 1. The zero-order valence-corrected chi connectivity index (χ0v) is 11.6. The van der Waals surface area contributed by atoms with Gasteiger partial charge in [-0.25, -0.2) is 4.39 Å². The highest BCUT2D eigenvalue weighted by Gasteiger charge is 2.08. The van der Waals surface area contributed by atoms with Crippen LogP contribution in [0.2, 0.25) is 0 Å². The molecule has 0 aromatic heterocycles. The summed E-state index contributed by atoms with van der Waals surface area (Å²) < 4.78 is 18.4. The molecule has 0 fully saturated rings. The number of hydrogen-bond donors (Lipinski definition) is 1. The van der Waals surface area contributed by atoms with E-state index < -0.39 is 6.10 Å². The minimum absolute atomic E-state index is 0.108. The first-order valence-electron chi connectivity index (χ1n) is 6.84. The molecular formula is C17H19FO2. The Bertz CT molecular complexity index is 537. The minimum Gasteiger partial charge on any atom is -0.490 e. The van der Waals surface area contributed by atoms with E-state index in [0.29, 0.717) is 5.75 Å². The lowest BCUT2D eigenvalue weighted by molar-refractivity contribution is 0.108. The average molecular weight is 274 g/mol. The van der Waals surface area contributed by atoms with Crippen LogP contribution in [0.1, 0.15) is 30.6 Å². The van der Waals surface area contributed by atoms with Crippen LogP contribution in [-0.2, 0) is 6.42 Å². The standard InChI is InChI=1S/C17H19FO2/c1-2-4-13-7-9-14(10-8-13)17(19)12-20-16-6-3-5-15(18)11-16/h3,5-11,17,19H,2,4,12H2,1H3. The second-order valence-corrected chi connectivity index (χ2v) is 4.78. The van der Waals surface area contributed by atoms with Crippen LogP contribution in [0.3, 0.4) is 0 Å². The van der Waals surface area contributed by atoms with Gasteiger partial charge in [-0.2, -0.15) is 0 Å². The summed E-state index contributed by atoms with van der Waals surface area (Å²) in [6.07, 6.45) is 1.43. The van der Waals surface area contributed by atoms with Gasteiger partial charge < -0.3 is 9.84 Å². The predicted molar refractivity (Wildman–Crippen MR) is 77.3 cm³/mol. The Balaban J connectivity index is 1.92. The van der Waals surface area contributed by atoms with E-state index in [2.05, 4.69) is 6.92 Å². The summed E-state index contributed by atoms with van der Waals surface area (Å²) in [5.41, 5.74) is 2.07. The van der Waals surface area contributed by atoms with Crippen LogP contribution in [0.4, 0.5) is 4.39 Å². The summed E-state index contributed by atoms with van der Waals surface area (Å²) in [6, 6.07) is 13.8. The molecule has 0 aliphatic carbocycles. The topological polar surface area (TPSA) is 29.5 Å². The molecule has 0 bridgehead atoms. The smallest absolute Gasteiger partial charge is 0.126 e. The van der Waals surface area contributed by atoms with Crippen molar-refractivity contribution in [3.05, 3.63) is 65.5 Å². The molecule has 0 aliphatic rings. The molecule has 0 saturated carbocycles. The molecule has 2 aromatic rings. The number of hydrogen-bond acceptors (Lipinski definition) is 2. The molecule has 1 N–H and O–H groups in total. The van der Waals surface area contributed by atoms with Crippen LogP contribution in [0, 0.1) is 5.82 Å². The second-order valence-electron chi connectivity index (χ2n) is 4.78. The van der Waals surface area contributed by atoms with Crippen molar-refractivity contribution in [1.82, 2.24) is 0 Å². The number of aliphatic hydroxyl groups excluding tert-OH is 1. The fourth-order valence-corrected chi connectivity index (χ4v) is 2.02. The van der Waals surface area contributed by atoms with Gasteiger partial charge in [0.05, 0.1) is 0 Å². The van der Waals surface area contributed by atoms with Gasteiger partial charge in [0, 0.05) is 6.07 Å². The summed E-state index contributed by atoms with van der Waals surface area (Å²) in [4.78, 5) is 0. The van der Waals surface area contributed by atoms with E-state index in [-0.39, 0.29) is 12.4 Å². The van der Waals surface area contributed by atoms with Crippen LogP contribution in [0.25, 0.3) is 0 Å². The van der Waals surface area contributed by atoms with Crippen molar-refractivity contribution < 1.29 is 14.2 Å². The molecule has 0 spiro atoms. The van der Waals surface area contributed by atoms with Gasteiger partial charge >= 0.3 is 0 Å². The Hall–Kier alpha value is -1.87. The Labute approximate surface area is 118 Å². The Morgan fingerprint density at radius 2 is 1.90 bits per heavy atom. The van der Waals surface area contributed by atoms with Crippen molar-refractivity contribution in [2.45, 2.75) is 25.9 Å². The lowest BCUT2D eigenvalue weighted by atomic mass is 10.0. The maximum atomic E-state index is 13.0. The first-order chi connectivity index (χ1) is 9.69. The molecule has 0 aliphatic heterocycles. The lowest BCUT2D eigenvalue weighted by Crippen LogP contribution is -2.09. The van der Waals surface area contributed by atoms with Gasteiger partial charge in [0.15, 0.2) is 0 Å². The van der Waals surface area contributed by atoms with Gasteiger partial charge in [-0.3, -0.25) is 0 Å². The predicted octanol–water partition coefficient (Wildman–Crippen LogP) is 3.89. The van der Waals surface area contributed by atoms with E-state index in [4.69, 9.17) is 4.74 Å². The van der Waals surface area contributed by atoms with Crippen LogP contribution in [-0.4, -0.2) is 11.7 Å². The highest BCUT2D eigenvalue weighted by molar-refractivity contribution is 5.25. The third-order valence-corrected chi connectivity index (χ3v) is 3.11. The van der Waals surface area contributed by atoms with Crippen LogP contribution < -0.4 is 4.74 Å². The molecule has 0 radical (unpaired) electrons. The average Bonchev–Trinajstić information content (AvgIpc) is 2.46. The van der Waals surface area contributed by atoms with Gasteiger partial charge in [-0.05, 0) is 29.7 Å². The third kappa shape index (κ3) is 4.07. The van der Waals surface area contributed by atoms with Crippen molar-refractivity contribution in [2.24, 2.45) is 0 Å². The van der Waals surface area contributed by atoms with Gasteiger partial charge in [0.2, 0.25) is 0 Å². The zero-order chi connectivity index (χ0) is 14.4. The van der Waals surface area contributed by atoms with Gasteiger partial charge in [-0.1, -0.05) is 43.7 Å². The highest BCUT2D eigenvalue weighted by atomic mass is 19.1. The van der Waals surface area contributed by atoms with Gasteiger partial charge in [0.1, 0.15) is 24.3 Å². The van der Waals surface area contributed by atoms with E-state index in [1.807, 2.05) is 24.3 Å². The van der Waals surface area contributed by atoms with E-state index in [0.717, 1.165) is 18.4 Å². The summed E-state index contributed by atoms with van der Waals surface area (Å²) in [5, 5.41) is 10.1. The molecule has 2 rings (SSSR count). The fourth-order valence-electron chi connectivity index (χ4n) is 2.02. The molecular weight excluding hydrogens is 255 g/mol. The number of rotatable bonds is 6. The molecule has 0 amide bonds. The molecule has 1 unspecified atom stereocenters. The third-order valence-electron chi connectivity index (χ3n) is 3.11. The van der Waals surface area contributed by atoms with E-state index in [9.17, 15) is 9.50 Å². The fraction of sp³-hybridized carbons (Fsp3) is 0.294. The highest BCUT2D eigenvalue weighted by Crippen LogP contribution is 2.18. The number of aryl methyl sites for hydroxylation is 1. The maximum Gasteiger partial charge on any atom is 0.126 e. The molecule has 3 heteroatoms. The zero-order valence-electron chi connectivity index (χ0n) is 11.6. The maximum absolute atomic E-state index is 13.0. The summed E-state index contributed by atoms with van der Waals surface area (Å²) in [6.45, 7) is 2.24. The van der Waals surface area contributed by atoms with Crippen molar-refractivity contribution in [3.8, 4) is 5.75 Å². The second kappa shape index (κ2) is 7.06. The van der Waals surface area contributed by atoms with Gasteiger partial charge in [-0.15, -0.1) is 0 Å². The quantitative estimate of drug-likeness (QED) is 0.866. The Kier molecular flexibility index (Phi) is 5.13. The van der Waals surface area contributed by atoms with Gasteiger partial charge in [0.25, 0.3) is 0 Å². The summed E-state index contributed by atoms with van der Waals surface area (Å²) in [7, 11) is 0. The molecule has 1 atom stereocenters. The van der Waals surface area contributed by atoms with E-state index in [1.165, 1.54) is 17.7 Å². The Morgan fingerprint density at radius 3 is 2.55 bits per heavy atom.